The molecule has 0 radical (unpaired) electrons. The molecule has 0 aromatic heterocycles. The molecule has 1 aliphatic rings. The Bertz CT molecular complexity index is 500. The summed E-state index contributed by atoms with van der Waals surface area (Å²) >= 11 is 0. The monoisotopic (exact) mass is 370 g/mol. The van der Waals surface area contributed by atoms with E-state index in [-0.39, 0.29) is 6.10 Å². The molecule has 3 unspecified atom stereocenters. The zero-order valence-corrected chi connectivity index (χ0v) is 13.6. The van der Waals surface area contributed by atoms with Crippen molar-refractivity contribution in [3.8, 4) is 0 Å². The SMILES string of the molecule is C[C@H]1CC(O)[C@@H](COP(=O)(O)OP(=O)(O)CP(=O)(O)O)O1. The van der Waals surface area contributed by atoms with Gasteiger partial charge in [0.2, 0.25) is 0 Å². The Balaban J connectivity index is 2.56. The topological polar surface area (TPSA) is 180 Å². The van der Waals surface area contributed by atoms with Crippen molar-refractivity contribution in [2.45, 2.75) is 31.7 Å². The van der Waals surface area contributed by atoms with Crippen LogP contribution in [0.1, 0.15) is 13.3 Å². The zero-order chi connectivity index (χ0) is 16.5. The van der Waals surface area contributed by atoms with Crippen LogP contribution in [0, 0.1) is 0 Å². The van der Waals surface area contributed by atoms with E-state index in [1.165, 1.54) is 0 Å². The molecule has 14 heteroatoms. The van der Waals surface area contributed by atoms with Crippen molar-refractivity contribution in [1.29, 1.82) is 0 Å². The highest BCUT2D eigenvalue weighted by atomic mass is 31.3. The maximum Gasteiger partial charge on any atom is 0.479 e. The Hall–Kier alpha value is 0.370. The van der Waals surface area contributed by atoms with Gasteiger partial charge in [0.05, 0.1) is 18.8 Å². The van der Waals surface area contributed by atoms with Crippen molar-refractivity contribution in [1.82, 2.24) is 0 Å². The molecule has 1 aliphatic heterocycles. The molecule has 1 fully saturated rings. The minimum absolute atomic E-state index is 0.286. The van der Waals surface area contributed by atoms with Crippen molar-refractivity contribution >= 4 is 23.0 Å². The normalized spacial score (nSPS) is 32.6. The first-order valence-electron chi connectivity index (χ1n) is 5.68. The fourth-order valence-corrected chi connectivity index (χ4v) is 6.05. The molecule has 11 nitrogen and oxygen atoms in total. The number of aliphatic hydroxyl groups is 1. The predicted molar refractivity (Wildman–Crippen MR) is 68.6 cm³/mol. The summed E-state index contributed by atoms with van der Waals surface area (Å²) in [5, 5.41) is 9.52. The molecule has 21 heavy (non-hydrogen) atoms. The summed E-state index contributed by atoms with van der Waals surface area (Å²) in [6.45, 7) is 1.08. The molecule has 0 saturated carbocycles. The lowest BCUT2D eigenvalue weighted by Gasteiger charge is -2.19. The zero-order valence-electron chi connectivity index (χ0n) is 10.9. The summed E-state index contributed by atoms with van der Waals surface area (Å²) in [5.74, 6) is -1.62. The van der Waals surface area contributed by atoms with Crippen LogP contribution in [0.5, 0.6) is 0 Å². The number of aliphatic hydroxyl groups excluding tert-OH is 1. The van der Waals surface area contributed by atoms with Gasteiger partial charge < -0.3 is 29.4 Å². The van der Waals surface area contributed by atoms with Crippen LogP contribution < -0.4 is 0 Å². The standard InChI is InChI=1S/C7H17O11P3/c1-5-2-6(8)7(17-5)3-16-21(14,15)18-20(12,13)4-19(9,10)11/h5-8H,2-4H2,1H3,(H,12,13)(H,14,15)(H2,9,10,11)/t5-,6?,7+/m0/s1. The number of hydrogen-bond donors (Lipinski definition) is 5. The van der Waals surface area contributed by atoms with E-state index < -0.39 is 47.7 Å². The molecule has 0 aromatic rings. The van der Waals surface area contributed by atoms with Gasteiger partial charge in [0.1, 0.15) is 6.10 Å². The molecule has 1 heterocycles. The third-order valence-corrected chi connectivity index (χ3v) is 7.63. The fraction of sp³-hybridized carbons (Fsp3) is 1.00. The predicted octanol–water partition coefficient (Wildman–Crippen LogP) is -0.0211. The molecule has 0 amide bonds. The molecule has 5 atom stereocenters. The molecule has 1 rings (SSSR count). The maximum absolute atomic E-state index is 11.4. The molecular weight excluding hydrogens is 353 g/mol. The Labute approximate surface area is 120 Å². The quantitative estimate of drug-likeness (QED) is 0.380. The van der Waals surface area contributed by atoms with E-state index in [0.717, 1.165) is 0 Å². The highest BCUT2D eigenvalue weighted by Crippen LogP contribution is 2.64. The van der Waals surface area contributed by atoms with Gasteiger partial charge in [0, 0.05) is 6.42 Å². The second-order valence-corrected chi connectivity index (χ2v) is 10.2. The first-order valence-corrected chi connectivity index (χ1v) is 10.7. The van der Waals surface area contributed by atoms with E-state index in [4.69, 9.17) is 19.4 Å². The largest absolute Gasteiger partial charge is 0.479 e. The minimum atomic E-state index is -5.05. The number of rotatable bonds is 7. The van der Waals surface area contributed by atoms with Crippen LogP contribution in [0.2, 0.25) is 0 Å². The summed E-state index contributed by atoms with van der Waals surface area (Å²) in [6.07, 6.45) is -1.84. The van der Waals surface area contributed by atoms with Crippen LogP contribution in [0.25, 0.3) is 0 Å². The fourth-order valence-electron chi connectivity index (χ4n) is 1.70. The summed E-state index contributed by atoms with van der Waals surface area (Å²) in [7, 11) is -15.0. The number of phosphoric ester groups is 1. The van der Waals surface area contributed by atoms with Gasteiger partial charge in [-0.2, -0.15) is 0 Å². The first kappa shape index (κ1) is 19.4. The maximum atomic E-state index is 11.4. The van der Waals surface area contributed by atoms with Crippen LogP contribution >= 0.6 is 23.0 Å². The average molecular weight is 370 g/mol. The van der Waals surface area contributed by atoms with Gasteiger partial charge >= 0.3 is 23.0 Å². The van der Waals surface area contributed by atoms with Crippen molar-refractivity contribution in [3.05, 3.63) is 0 Å². The molecule has 126 valence electrons. The highest BCUT2D eigenvalue weighted by molar-refractivity contribution is 7.73. The molecule has 0 spiro atoms. The molecule has 0 aromatic carbocycles. The summed E-state index contributed by atoms with van der Waals surface area (Å²) in [6, 6.07) is 0. The third-order valence-electron chi connectivity index (χ3n) is 2.41. The molecule has 0 bridgehead atoms. The van der Waals surface area contributed by atoms with E-state index in [1.54, 1.807) is 6.92 Å². The minimum Gasteiger partial charge on any atom is -0.390 e. The van der Waals surface area contributed by atoms with Crippen LogP contribution in [-0.2, 0) is 27.3 Å². The van der Waals surface area contributed by atoms with Crippen LogP contribution in [0.4, 0.5) is 0 Å². The van der Waals surface area contributed by atoms with Gasteiger partial charge in [-0.1, -0.05) is 0 Å². The lowest BCUT2D eigenvalue weighted by Crippen LogP contribution is -2.26. The summed E-state index contributed by atoms with van der Waals surface area (Å²) in [4.78, 5) is 35.5. The number of ether oxygens (including phenoxy) is 1. The second kappa shape index (κ2) is 6.86. The van der Waals surface area contributed by atoms with Crippen molar-refractivity contribution in [3.63, 3.8) is 0 Å². The third kappa shape index (κ3) is 7.45. The van der Waals surface area contributed by atoms with Gasteiger partial charge in [-0.05, 0) is 6.92 Å². The highest BCUT2D eigenvalue weighted by Gasteiger charge is 2.40. The lowest BCUT2D eigenvalue weighted by molar-refractivity contribution is -0.0164. The molecule has 5 N–H and O–H groups in total. The van der Waals surface area contributed by atoms with Crippen LogP contribution in [0.15, 0.2) is 0 Å². The Morgan fingerprint density at radius 2 is 1.76 bits per heavy atom. The van der Waals surface area contributed by atoms with E-state index in [9.17, 15) is 23.7 Å². The van der Waals surface area contributed by atoms with Gasteiger partial charge in [-0.15, -0.1) is 0 Å². The van der Waals surface area contributed by atoms with Gasteiger partial charge in [-0.3, -0.25) is 13.7 Å². The van der Waals surface area contributed by atoms with Gasteiger partial charge in [0.25, 0.3) is 0 Å². The van der Waals surface area contributed by atoms with Crippen molar-refractivity contribution < 1.29 is 51.9 Å². The van der Waals surface area contributed by atoms with Crippen LogP contribution in [0.3, 0.4) is 0 Å². The van der Waals surface area contributed by atoms with Crippen molar-refractivity contribution in [2.24, 2.45) is 0 Å². The van der Waals surface area contributed by atoms with E-state index in [1.807, 2.05) is 0 Å². The summed E-state index contributed by atoms with van der Waals surface area (Å²) in [5.41, 5.74) is 0. The molecular formula is C7H17O11P3. The molecule has 1 saturated heterocycles. The van der Waals surface area contributed by atoms with E-state index in [2.05, 4.69) is 8.83 Å². The Morgan fingerprint density at radius 1 is 1.19 bits per heavy atom. The van der Waals surface area contributed by atoms with Crippen molar-refractivity contribution in [2.75, 3.05) is 12.5 Å². The first-order chi connectivity index (χ1) is 9.30. The number of phosphoric acid groups is 1. The summed E-state index contributed by atoms with van der Waals surface area (Å²) < 4.78 is 46.8. The smallest absolute Gasteiger partial charge is 0.390 e. The Morgan fingerprint density at radius 3 is 2.19 bits per heavy atom. The van der Waals surface area contributed by atoms with Crippen LogP contribution in [-0.4, -0.2) is 55.5 Å². The Kier molecular flexibility index (Phi) is 6.35. The second-order valence-electron chi connectivity index (χ2n) is 4.58. The van der Waals surface area contributed by atoms with E-state index >= 15 is 0 Å². The molecule has 0 aliphatic carbocycles. The lowest BCUT2D eigenvalue weighted by atomic mass is 10.1. The van der Waals surface area contributed by atoms with E-state index in [0.29, 0.717) is 6.42 Å². The average Bonchev–Trinajstić information content (AvgIpc) is 2.48. The van der Waals surface area contributed by atoms with Gasteiger partial charge in [0.15, 0.2) is 5.90 Å². The number of hydrogen-bond acceptors (Lipinski definition) is 7. The van der Waals surface area contributed by atoms with Gasteiger partial charge in [-0.25, -0.2) is 8.88 Å².